The second-order valence-electron chi connectivity index (χ2n) is 7.99. The van der Waals surface area contributed by atoms with Crippen LogP contribution in [0.2, 0.25) is 0 Å². The highest BCUT2D eigenvalue weighted by Gasteiger charge is 2.31. The van der Waals surface area contributed by atoms with Gasteiger partial charge in [-0.1, -0.05) is 39.8 Å². The van der Waals surface area contributed by atoms with Gasteiger partial charge in [0.1, 0.15) is 0 Å². The molecule has 1 aliphatic carbocycles. The van der Waals surface area contributed by atoms with Crippen LogP contribution in [0.3, 0.4) is 0 Å². The Kier molecular flexibility index (Phi) is 5.42. The smallest absolute Gasteiger partial charge is 0.240 e. The van der Waals surface area contributed by atoms with Crippen LogP contribution in [-0.2, 0) is 6.54 Å². The van der Waals surface area contributed by atoms with Crippen LogP contribution in [0.25, 0.3) is 0 Å². The van der Waals surface area contributed by atoms with Gasteiger partial charge in [-0.2, -0.15) is 4.98 Å². The van der Waals surface area contributed by atoms with E-state index in [1.165, 1.54) is 25.7 Å². The van der Waals surface area contributed by atoms with Crippen molar-refractivity contribution in [3.8, 4) is 0 Å². The molecule has 0 unspecified atom stereocenters. The lowest BCUT2D eigenvalue weighted by Crippen LogP contribution is -2.25. The fourth-order valence-electron chi connectivity index (χ4n) is 3.19. The summed E-state index contributed by atoms with van der Waals surface area (Å²) in [4.78, 5) is 4.58. The second-order valence-corrected chi connectivity index (χ2v) is 7.99. The summed E-state index contributed by atoms with van der Waals surface area (Å²) in [6, 6.07) is 0. The molecule has 1 heterocycles. The summed E-state index contributed by atoms with van der Waals surface area (Å²) < 4.78 is 5.37. The minimum absolute atomic E-state index is 0.425. The Bertz CT molecular complexity index is 425. The molecule has 1 saturated carbocycles. The minimum atomic E-state index is 0.425. The Labute approximate surface area is 129 Å². The van der Waals surface area contributed by atoms with E-state index in [2.05, 4.69) is 50.1 Å². The summed E-state index contributed by atoms with van der Waals surface area (Å²) in [6.45, 7) is 13.1. The van der Waals surface area contributed by atoms with Crippen LogP contribution in [0.5, 0.6) is 0 Å². The molecule has 0 radical (unpaired) electrons. The maximum Gasteiger partial charge on any atom is 0.240 e. The standard InChI is InChI=1S/C17H31N3O/c1-12(2)10-18-11-15-19-16(20-21-15)13-6-8-14(9-7-13)17(3,4)5/h12-14,18H,6-11H2,1-5H3. The molecule has 1 fully saturated rings. The summed E-state index contributed by atoms with van der Waals surface area (Å²) in [6.07, 6.45) is 4.95. The van der Waals surface area contributed by atoms with E-state index in [1.54, 1.807) is 0 Å². The van der Waals surface area contributed by atoms with Crippen molar-refractivity contribution in [2.24, 2.45) is 17.3 Å². The lowest BCUT2D eigenvalue weighted by molar-refractivity contribution is 0.166. The Morgan fingerprint density at radius 2 is 1.86 bits per heavy atom. The van der Waals surface area contributed by atoms with Gasteiger partial charge in [-0.15, -0.1) is 0 Å². The number of nitrogens with one attached hydrogen (secondary N) is 1. The summed E-state index contributed by atoms with van der Waals surface area (Å²) in [7, 11) is 0. The molecule has 0 bridgehead atoms. The molecule has 0 amide bonds. The van der Waals surface area contributed by atoms with Gasteiger partial charge in [0.15, 0.2) is 5.82 Å². The third-order valence-electron chi connectivity index (χ3n) is 4.63. The lowest BCUT2D eigenvalue weighted by atomic mass is 9.70. The zero-order chi connectivity index (χ0) is 15.5. The van der Waals surface area contributed by atoms with E-state index in [1.807, 2.05) is 0 Å². The predicted molar refractivity (Wildman–Crippen MR) is 85.0 cm³/mol. The molecule has 1 aromatic rings. The van der Waals surface area contributed by atoms with Gasteiger partial charge in [-0.25, -0.2) is 0 Å². The number of aromatic nitrogens is 2. The van der Waals surface area contributed by atoms with E-state index in [9.17, 15) is 0 Å². The normalized spacial score (nSPS) is 23.7. The molecule has 4 nitrogen and oxygen atoms in total. The fourth-order valence-corrected chi connectivity index (χ4v) is 3.19. The van der Waals surface area contributed by atoms with Crippen molar-refractivity contribution in [1.29, 1.82) is 0 Å². The molecule has 0 aliphatic heterocycles. The molecule has 0 aromatic carbocycles. The first-order chi connectivity index (χ1) is 9.86. The second kappa shape index (κ2) is 6.91. The van der Waals surface area contributed by atoms with Gasteiger partial charge in [0.2, 0.25) is 5.89 Å². The van der Waals surface area contributed by atoms with E-state index in [-0.39, 0.29) is 0 Å². The minimum Gasteiger partial charge on any atom is -0.338 e. The quantitative estimate of drug-likeness (QED) is 0.886. The maximum atomic E-state index is 5.37. The number of hydrogen-bond donors (Lipinski definition) is 1. The van der Waals surface area contributed by atoms with Crippen LogP contribution in [0.15, 0.2) is 4.52 Å². The number of nitrogens with zero attached hydrogens (tertiary/aromatic N) is 2. The van der Waals surface area contributed by atoms with E-state index < -0.39 is 0 Å². The summed E-state index contributed by atoms with van der Waals surface area (Å²) >= 11 is 0. The van der Waals surface area contributed by atoms with E-state index in [0.717, 1.165) is 24.2 Å². The Morgan fingerprint density at radius 1 is 1.19 bits per heavy atom. The zero-order valence-corrected chi connectivity index (χ0v) is 14.3. The molecule has 120 valence electrons. The molecule has 0 saturated heterocycles. The van der Waals surface area contributed by atoms with Gasteiger partial charge in [-0.05, 0) is 49.5 Å². The van der Waals surface area contributed by atoms with Crippen molar-refractivity contribution in [3.05, 3.63) is 11.7 Å². The van der Waals surface area contributed by atoms with Gasteiger partial charge >= 0.3 is 0 Å². The topological polar surface area (TPSA) is 51.0 Å². The Balaban J connectivity index is 1.83. The average molecular weight is 293 g/mol. The van der Waals surface area contributed by atoms with Crippen molar-refractivity contribution in [2.75, 3.05) is 6.54 Å². The van der Waals surface area contributed by atoms with Crippen molar-refractivity contribution in [1.82, 2.24) is 15.5 Å². The summed E-state index contributed by atoms with van der Waals surface area (Å²) in [5.74, 6) is 3.60. The summed E-state index contributed by atoms with van der Waals surface area (Å²) in [5, 5.41) is 7.55. The van der Waals surface area contributed by atoms with Crippen LogP contribution in [0.1, 0.15) is 77.9 Å². The Morgan fingerprint density at radius 3 is 2.43 bits per heavy atom. The first-order valence-electron chi connectivity index (χ1n) is 8.39. The summed E-state index contributed by atoms with van der Waals surface area (Å²) in [5.41, 5.74) is 0.425. The molecule has 1 N–H and O–H groups in total. The van der Waals surface area contributed by atoms with E-state index in [0.29, 0.717) is 23.8 Å². The number of hydrogen-bond acceptors (Lipinski definition) is 4. The maximum absolute atomic E-state index is 5.37. The lowest BCUT2D eigenvalue weighted by Gasteiger charge is -2.36. The fraction of sp³-hybridized carbons (Fsp3) is 0.882. The zero-order valence-electron chi connectivity index (χ0n) is 14.3. The SMILES string of the molecule is CC(C)CNCc1nc(C2CCC(C(C)(C)C)CC2)no1. The highest BCUT2D eigenvalue weighted by atomic mass is 16.5. The molecule has 2 rings (SSSR count). The molecule has 0 spiro atoms. The van der Waals surface area contributed by atoms with Gasteiger partial charge in [-0.3, -0.25) is 0 Å². The van der Waals surface area contributed by atoms with E-state index >= 15 is 0 Å². The first-order valence-corrected chi connectivity index (χ1v) is 8.39. The Hall–Kier alpha value is -0.900. The monoisotopic (exact) mass is 293 g/mol. The highest BCUT2D eigenvalue weighted by molar-refractivity contribution is 4.98. The van der Waals surface area contributed by atoms with Crippen LogP contribution in [0.4, 0.5) is 0 Å². The molecule has 0 atom stereocenters. The molecular formula is C17H31N3O. The average Bonchev–Trinajstić information content (AvgIpc) is 2.86. The van der Waals surface area contributed by atoms with Crippen LogP contribution >= 0.6 is 0 Å². The van der Waals surface area contributed by atoms with Gasteiger partial charge in [0.25, 0.3) is 0 Å². The van der Waals surface area contributed by atoms with Crippen LogP contribution in [0, 0.1) is 17.3 Å². The van der Waals surface area contributed by atoms with E-state index in [4.69, 9.17) is 4.52 Å². The van der Waals surface area contributed by atoms with Crippen molar-refractivity contribution >= 4 is 0 Å². The van der Waals surface area contributed by atoms with Crippen molar-refractivity contribution < 1.29 is 4.52 Å². The third kappa shape index (κ3) is 4.80. The third-order valence-corrected chi connectivity index (χ3v) is 4.63. The largest absolute Gasteiger partial charge is 0.338 e. The van der Waals surface area contributed by atoms with Crippen molar-refractivity contribution in [2.45, 2.75) is 72.8 Å². The highest BCUT2D eigenvalue weighted by Crippen LogP contribution is 2.42. The van der Waals surface area contributed by atoms with Gasteiger partial charge in [0, 0.05) is 5.92 Å². The molecule has 21 heavy (non-hydrogen) atoms. The molecule has 4 heteroatoms. The van der Waals surface area contributed by atoms with Crippen LogP contribution in [-0.4, -0.2) is 16.7 Å². The first kappa shape index (κ1) is 16.5. The van der Waals surface area contributed by atoms with Gasteiger partial charge < -0.3 is 9.84 Å². The van der Waals surface area contributed by atoms with Crippen molar-refractivity contribution in [3.63, 3.8) is 0 Å². The molecule has 1 aromatic heterocycles. The molecule has 1 aliphatic rings. The predicted octanol–water partition coefficient (Wildman–Crippen LogP) is 4.14. The van der Waals surface area contributed by atoms with Gasteiger partial charge in [0.05, 0.1) is 6.54 Å². The molecular weight excluding hydrogens is 262 g/mol. The number of rotatable bonds is 5. The van der Waals surface area contributed by atoms with Crippen LogP contribution < -0.4 is 5.32 Å².